The molecule has 0 aliphatic rings. The summed E-state index contributed by atoms with van der Waals surface area (Å²) in [5.74, 6) is 0.690. The van der Waals surface area contributed by atoms with E-state index in [2.05, 4.69) is 6.07 Å². The third-order valence-electron chi connectivity index (χ3n) is 1.98. The van der Waals surface area contributed by atoms with E-state index in [0.717, 1.165) is 10.5 Å². The highest BCUT2D eigenvalue weighted by Crippen LogP contribution is 2.24. The van der Waals surface area contributed by atoms with Crippen LogP contribution in [-0.2, 0) is 0 Å². The smallest absolute Gasteiger partial charge is 0.0685 e. The molecule has 0 aromatic heterocycles. The highest BCUT2D eigenvalue weighted by Gasteiger charge is 2.12. The Morgan fingerprint density at radius 1 is 1.47 bits per heavy atom. The fourth-order valence-electron chi connectivity index (χ4n) is 1.15. The first-order valence-corrected chi connectivity index (χ1v) is 6.08. The van der Waals surface area contributed by atoms with Gasteiger partial charge < -0.3 is 10.8 Å². The Hall–Kier alpha value is -0.510. The van der Waals surface area contributed by atoms with Gasteiger partial charge in [0.15, 0.2) is 0 Å². The summed E-state index contributed by atoms with van der Waals surface area (Å²) in [6.45, 7) is 5.60. The Bertz CT molecular complexity index is 318. The standard InChI is InChI=1S/C12H19NOS/c1-9(13)10-5-4-6-11(7-10)15-8-12(2,3)14/h4-7,9,14H,8,13H2,1-3H3. The quantitative estimate of drug-likeness (QED) is 0.774. The van der Waals surface area contributed by atoms with Crippen molar-refractivity contribution in [1.29, 1.82) is 0 Å². The lowest BCUT2D eigenvalue weighted by Gasteiger charge is -2.16. The highest BCUT2D eigenvalue weighted by molar-refractivity contribution is 7.99. The number of benzene rings is 1. The van der Waals surface area contributed by atoms with Gasteiger partial charge in [-0.15, -0.1) is 11.8 Å². The summed E-state index contributed by atoms with van der Waals surface area (Å²) in [5, 5.41) is 9.61. The lowest BCUT2D eigenvalue weighted by molar-refractivity contribution is 0.107. The van der Waals surface area contributed by atoms with Crippen LogP contribution in [0.1, 0.15) is 32.4 Å². The number of thioether (sulfide) groups is 1. The Labute approximate surface area is 95.9 Å². The highest BCUT2D eigenvalue weighted by atomic mass is 32.2. The van der Waals surface area contributed by atoms with Crippen LogP contribution in [0.2, 0.25) is 0 Å². The van der Waals surface area contributed by atoms with E-state index in [9.17, 15) is 5.11 Å². The van der Waals surface area contributed by atoms with Gasteiger partial charge in [-0.1, -0.05) is 12.1 Å². The first-order chi connectivity index (χ1) is 6.88. The molecule has 15 heavy (non-hydrogen) atoms. The van der Waals surface area contributed by atoms with Crippen molar-refractivity contribution in [2.24, 2.45) is 5.73 Å². The summed E-state index contributed by atoms with van der Waals surface area (Å²) >= 11 is 1.65. The Morgan fingerprint density at radius 2 is 2.13 bits per heavy atom. The molecule has 1 atom stereocenters. The number of rotatable bonds is 4. The molecule has 0 saturated heterocycles. The summed E-state index contributed by atoms with van der Waals surface area (Å²) in [6.07, 6.45) is 0. The second kappa shape index (κ2) is 5.01. The Kier molecular flexibility index (Phi) is 4.20. The van der Waals surface area contributed by atoms with Crippen molar-refractivity contribution in [3.63, 3.8) is 0 Å². The van der Waals surface area contributed by atoms with Crippen LogP contribution in [0, 0.1) is 0 Å². The van der Waals surface area contributed by atoms with Crippen LogP contribution in [0.15, 0.2) is 29.2 Å². The molecule has 0 saturated carbocycles. The normalized spacial score (nSPS) is 13.9. The van der Waals surface area contributed by atoms with E-state index >= 15 is 0 Å². The summed E-state index contributed by atoms with van der Waals surface area (Å²) in [6, 6.07) is 8.22. The molecule has 0 spiro atoms. The molecule has 3 heteroatoms. The molecular weight excluding hydrogens is 206 g/mol. The van der Waals surface area contributed by atoms with Gasteiger partial charge >= 0.3 is 0 Å². The SMILES string of the molecule is CC(N)c1cccc(SCC(C)(C)O)c1. The minimum Gasteiger partial charge on any atom is -0.390 e. The molecule has 0 aliphatic heterocycles. The van der Waals surface area contributed by atoms with Crippen molar-refractivity contribution in [3.8, 4) is 0 Å². The molecule has 0 radical (unpaired) electrons. The minimum absolute atomic E-state index is 0.0627. The molecular formula is C12H19NOS. The number of aliphatic hydroxyl groups is 1. The molecule has 2 nitrogen and oxygen atoms in total. The molecule has 1 aromatic carbocycles. The molecule has 0 aliphatic carbocycles. The van der Waals surface area contributed by atoms with Gasteiger partial charge in [-0.05, 0) is 38.5 Å². The van der Waals surface area contributed by atoms with E-state index in [1.54, 1.807) is 11.8 Å². The maximum atomic E-state index is 9.61. The summed E-state index contributed by atoms with van der Waals surface area (Å²) < 4.78 is 0. The van der Waals surface area contributed by atoms with Crippen LogP contribution < -0.4 is 5.73 Å². The van der Waals surface area contributed by atoms with Gasteiger partial charge in [0, 0.05) is 16.7 Å². The van der Waals surface area contributed by atoms with Gasteiger partial charge in [0.2, 0.25) is 0 Å². The number of hydrogen-bond donors (Lipinski definition) is 2. The molecule has 1 aromatic rings. The predicted molar refractivity (Wildman–Crippen MR) is 66.1 cm³/mol. The summed E-state index contributed by atoms with van der Waals surface area (Å²) in [5.41, 5.74) is 6.31. The maximum Gasteiger partial charge on any atom is 0.0685 e. The van der Waals surface area contributed by atoms with Crippen LogP contribution in [0.4, 0.5) is 0 Å². The van der Waals surface area contributed by atoms with Crippen LogP contribution >= 0.6 is 11.8 Å². The monoisotopic (exact) mass is 225 g/mol. The topological polar surface area (TPSA) is 46.2 Å². The molecule has 0 heterocycles. The second-order valence-electron chi connectivity index (χ2n) is 4.46. The van der Waals surface area contributed by atoms with Crippen molar-refractivity contribution >= 4 is 11.8 Å². The predicted octanol–water partition coefficient (Wildman–Crippen LogP) is 2.57. The van der Waals surface area contributed by atoms with Gasteiger partial charge in [0.1, 0.15) is 0 Å². The number of hydrogen-bond acceptors (Lipinski definition) is 3. The molecule has 0 bridgehead atoms. The zero-order chi connectivity index (χ0) is 11.5. The van der Waals surface area contributed by atoms with Gasteiger partial charge in [-0.2, -0.15) is 0 Å². The lowest BCUT2D eigenvalue weighted by Crippen LogP contribution is -2.21. The molecule has 1 rings (SSSR count). The van der Waals surface area contributed by atoms with Gasteiger partial charge in [-0.3, -0.25) is 0 Å². The fourth-order valence-corrected chi connectivity index (χ4v) is 2.06. The van der Waals surface area contributed by atoms with Gasteiger partial charge in [0.25, 0.3) is 0 Å². The molecule has 0 amide bonds. The minimum atomic E-state index is -0.630. The third kappa shape index (κ3) is 4.69. The van der Waals surface area contributed by atoms with E-state index in [1.807, 2.05) is 39.0 Å². The first-order valence-electron chi connectivity index (χ1n) is 5.09. The molecule has 84 valence electrons. The molecule has 0 fully saturated rings. The van der Waals surface area contributed by atoms with Crippen LogP contribution in [0.3, 0.4) is 0 Å². The summed E-state index contributed by atoms with van der Waals surface area (Å²) in [7, 11) is 0. The molecule has 3 N–H and O–H groups in total. The van der Waals surface area contributed by atoms with E-state index in [0.29, 0.717) is 5.75 Å². The van der Waals surface area contributed by atoms with Crippen molar-refractivity contribution in [3.05, 3.63) is 29.8 Å². The van der Waals surface area contributed by atoms with Gasteiger partial charge in [-0.25, -0.2) is 0 Å². The Morgan fingerprint density at radius 3 is 2.67 bits per heavy atom. The Balaban J connectivity index is 2.66. The molecule has 1 unspecified atom stereocenters. The van der Waals surface area contributed by atoms with E-state index in [-0.39, 0.29) is 6.04 Å². The van der Waals surface area contributed by atoms with Crippen molar-refractivity contribution < 1.29 is 5.11 Å². The van der Waals surface area contributed by atoms with Crippen LogP contribution in [-0.4, -0.2) is 16.5 Å². The van der Waals surface area contributed by atoms with E-state index < -0.39 is 5.60 Å². The third-order valence-corrected chi connectivity index (χ3v) is 3.41. The largest absolute Gasteiger partial charge is 0.390 e. The lowest BCUT2D eigenvalue weighted by atomic mass is 10.1. The van der Waals surface area contributed by atoms with Crippen molar-refractivity contribution in [2.75, 3.05) is 5.75 Å². The van der Waals surface area contributed by atoms with E-state index in [1.165, 1.54) is 0 Å². The second-order valence-corrected chi connectivity index (χ2v) is 5.51. The zero-order valence-electron chi connectivity index (χ0n) is 9.53. The van der Waals surface area contributed by atoms with Crippen LogP contribution in [0.25, 0.3) is 0 Å². The maximum absolute atomic E-state index is 9.61. The van der Waals surface area contributed by atoms with Crippen molar-refractivity contribution in [2.45, 2.75) is 37.3 Å². The van der Waals surface area contributed by atoms with Gasteiger partial charge in [0.05, 0.1) is 5.60 Å². The average molecular weight is 225 g/mol. The first kappa shape index (κ1) is 12.6. The number of nitrogens with two attached hydrogens (primary N) is 1. The van der Waals surface area contributed by atoms with E-state index in [4.69, 9.17) is 5.73 Å². The van der Waals surface area contributed by atoms with Crippen LogP contribution in [0.5, 0.6) is 0 Å². The average Bonchev–Trinajstić information content (AvgIpc) is 2.14. The fraction of sp³-hybridized carbons (Fsp3) is 0.500. The summed E-state index contributed by atoms with van der Waals surface area (Å²) in [4.78, 5) is 1.16. The zero-order valence-corrected chi connectivity index (χ0v) is 10.3. The van der Waals surface area contributed by atoms with Crippen molar-refractivity contribution in [1.82, 2.24) is 0 Å².